The standard InChI is InChI=1S/C18H39N.C6H5NO2/c1-2-3-4-5-6-7-8-9-10-11-12-13-14-15-16-17-18-19;8-6(9)5-2-1-3-7-4-5/h2-19H2,1H3;1-4H,(H,8,9). The van der Waals surface area contributed by atoms with Crippen LogP contribution in [0.5, 0.6) is 0 Å². The fraction of sp³-hybridized carbons (Fsp3) is 0.750. The van der Waals surface area contributed by atoms with Crippen LogP contribution in [0.3, 0.4) is 0 Å². The highest BCUT2D eigenvalue weighted by Crippen LogP contribution is 2.13. The van der Waals surface area contributed by atoms with E-state index in [0.29, 0.717) is 0 Å². The Kier molecular flexibility index (Phi) is 20.8. The van der Waals surface area contributed by atoms with Gasteiger partial charge in [-0.25, -0.2) is 4.79 Å². The number of hydrogen-bond acceptors (Lipinski definition) is 3. The number of carbonyl (C=O) groups is 1. The van der Waals surface area contributed by atoms with Gasteiger partial charge < -0.3 is 10.8 Å². The summed E-state index contributed by atoms with van der Waals surface area (Å²) in [6, 6.07) is 3.08. The van der Waals surface area contributed by atoms with Crippen molar-refractivity contribution in [1.29, 1.82) is 0 Å². The van der Waals surface area contributed by atoms with E-state index in [4.69, 9.17) is 10.8 Å². The Balaban J connectivity index is 0.000000668. The first-order valence-electron chi connectivity index (χ1n) is 11.6. The Morgan fingerprint density at radius 1 is 0.821 bits per heavy atom. The van der Waals surface area contributed by atoms with Gasteiger partial charge in [-0.3, -0.25) is 4.98 Å². The van der Waals surface area contributed by atoms with Gasteiger partial charge in [0.05, 0.1) is 5.56 Å². The molecule has 0 aliphatic carbocycles. The molecule has 1 rings (SSSR count). The van der Waals surface area contributed by atoms with Gasteiger partial charge >= 0.3 is 5.97 Å². The van der Waals surface area contributed by atoms with Crippen molar-refractivity contribution < 1.29 is 9.90 Å². The van der Waals surface area contributed by atoms with Gasteiger partial charge in [0.1, 0.15) is 0 Å². The van der Waals surface area contributed by atoms with Gasteiger partial charge in [-0.15, -0.1) is 0 Å². The zero-order valence-corrected chi connectivity index (χ0v) is 18.2. The van der Waals surface area contributed by atoms with Gasteiger partial charge in [0.25, 0.3) is 0 Å². The Morgan fingerprint density at radius 2 is 1.25 bits per heavy atom. The summed E-state index contributed by atoms with van der Waals surface area (Å²) in [5.41, 5.74) is 5.70. The molecule has 0 unspecified atom stereocenters. The van der Waals surface area contributed by atoms with E-state index in [1.165, 1.54) is 121 Å². The Morgan fingerprint density at radius 3 is 1.54 bits per heavy atom. The molecule has 0 bridgehead atoms. The molecule has 0 radical (unpaired) electrons. The average molecular weight is 393 g/mol. The van der Waals surface area contributed by atoms with Crippen LogP contribution in [0.1, 0.15) is 120 Å². The molecule has 3 N–H and O–H groups in total. The molecule has 4 nitrogen and oxygen atoms in total. The van der Waals surface area contributed by atoms with Crippen LogP contribution in [-0.4, -0.2) is 22.6 Å². The molecule has 162 valence electrons. The van der Waals surface area contributed by atoms with E-state index >= 15 is 0 Å². The lowest BCUT2D eigenvalue weighted by Crippen LogP contribution is -1.97. The average Bonchev–Trinajstić information content (AvgIpc) is 2.72. The third-order valence-corrected chi connectivity index (χ3v) is 4.97. The lowest BCUT2D eigenvalue weighted by Gasteiger charge is -2.03. The molecular weight excluding hydrogens is 348 g/mol. The number of rotatable bonds is 17. The monoisotopic (exact) mass is 392 g/mol. The third kappa shape index (κ3) is 19.3. The summed E-state index contributed by atoms with van der Waals surface area (Å²) < 4.78 is 0. The number of carboxylic acids is 1. The van der Waals surface area contributed by atoms with E-state index in [1.54, 1.807) is 6.07 Å². The van der Waals surface area contributed by atoms with Crippen LogP contribution in [0.15, 0.2) is 24.5 Å². The first kappa shape index (κ1) is 26.6. The molecule has 0 atom stereocenters. The van der Waals surface area contributed by atoms with Crippen molar-refractivity contribution in [1.82, 2.24) is 4.98 Å². The normalized spacial score (nSPS) is 10.4. The van der Waals surface area contributed by atoms with Crippen molar-refractivity contribution in [2.75, 3.05) is 6.54 Å². The van der Waals surface area contributed by atoms with Crippen LogP contribution in [0, 0.1) is 0 Å². The number of aromatic carboxylic acids is 1. The minimum absolute atomic E-state index is 0.220. The number of carboxylic acid groups (broad SMARTS) is 1. The second-order valence-corrected chi connectivity index (χ2v) is 7.64. The molecular formula is C24H44N2O2. The fourth-order valence-corrected chi connectivity index (χ4v) is 3.18. The largest absolute Gasteiger partial charge is 0.478 e. The van der Waals surface area contributed by atoms with Crippen molar-refractivity contribution in [2.45, 2.75) is 110 Å². The molecule has 0 saturated carbocycles. The number of pyridine rings is 1. The number of aromatic nitrogens is 1. The maximum absolute atomic E-state index is 10.2. The Bertz CT molecular complexity index is 421. The summed E-state index contributed by atoms with van der Waals surface area (Å²) in [5.74, 6) is -0.942. The van der Waals surface area contributed by atoms with Crippen molar-refractivity contribution in [3.05, 3.63) is 30.1 Å². The molecule has 1 aromatic heterocycles. The summed E-state index contributed by atoms with van der Waals surface area (Å²) >= 11 is 0. The van der Waals surface area contributed by atoms with Crippen LogP contribution in [0.25, 0.3) is 0 Å². The van der Waals surface area contributed by atoms with E-state index in [-0.39, 0.29) is 5.56 Å². The summed E-state index contributed by atoms with van der Waals surface area (Å²) in [7, 11) is 0. The second-order valence-electron chi connectivity index (χ2n) is 7.64. The van der Waals surface area contributed by atoms with Crippen molar-refractivity contribution in [3.8, 4) is 0 Å². The van der Waals surface area contributed by atoms with Crippen molar-refractivity contribution in [2.24, 2.45) is 5.73 Å². The molecule has 4 heteroatoms. The van der Waals surface area contributed by atoms with Gasteiger partial charge in [0.2, 0.25) is 0 Å². The van der Waals surface area contributed by atoms with Gasteiger partial charge in [0.15, 0.2) is 0 Å². The molecule has 0 spiro atoms. The first-order valence-corrected chi connectivity index (χ1v) is 11.6. The molecule has 0 fully saturated rings. The SMILES string of the molecule is CCCCCCCCCCCCCCCCCCN.O=C(O)c1cccnc1. The van der Waals surface area contributed by atoms with Crippen LogP contribution in [-0.2, 0) is 0 Å². The van der Waals surface area contributed by atoms with E-state index in [9.17, 15) is 4.79 Å². The molecule has 1 heterocycles. The van der Waals surface area contributed by atoms with Crippen LogP contribution < -0.4 is 5.73 Å². The fourth-order valence-electron chi connectivity index (χ4n) is 3.18. The summed E-state index contributed by atoms with van der Waals surface area (Å²) in [6.45, 7) is 3.16. The second kappa shape index (κ2) is 21.9. The molecule has 0 aliphatic rings. The van der Waals surface area contributed by atoms with Crippen LogP contribution >= 0.6 is 0 Å². The summed E-state index contributed by atoms with van der Waals surface area (Å²) in [6.07, 6.45) is 25.7. The molecule has 0 amide bonds. The van der Waals surface area contributed by atoms with Gasteiger partial charge in [-0.1, -0.05) is 103 Å². The van der Waals surface area contributed by atoms with E-state index < -0.39 is 5.97 Å². The lowest BCUT2D eigenvalue weighted by molar-refractivity contribution is 0.0696. The molecule has 28 heavy (non-hydrogen) atoms. The highest BCUT2D eigenvalue weighted by Gasteiger charge is 1.98. The number of unbranched alkanes of at least 4 members (excludes halogenated alkanes) is 15. The van der Waals surface area contributed by atoms with E-state index in [2.05, 4.69) is 11.9 Å². The third-order valence-electron chi connectivity index (χ3n) is 4.97. The number of nitrogens with two attached hydrogens (primary N) is 1. The molecule has 0 saturated heterocycles. The zero-order valence-electron chi connectivity index (χ0n) is 18.2. The van der Waals surface area contributed by atoms with Gasteiger partial charge in [-0.2, -0.15) is 0 Å². The molecule has 0 aliphatic heterocycles. The number of hydrogen-bond donors (Lipinski definition) is 2. The highest BCUT2D eigenvalue weighted by molar-refractivity contribution is 5.86. The zero-order chi connectivity index (χ0) is 20.7. The van der Waals surface area contributed by atoms with Gasteiger partial charge in [0, 0.05) is 12.4 Å². The smallest absolute Gasteiger partial charge is 0.337 e. The van der Waals surface area contributed by atoms with E-state index in [0.717, 1.165) is 6.54 Å². The topological polar surface area (TPSA) is 76.2 Å². The first-order chi connectivity index (χ1) is 13.7. The molecule has 1 aromatic rings. The maximum atomic E-state index is 10.2. The van der Waals surface area contributed by atoms with Crippen molar-refractivity contribution >= 4 is 5.97 Å². The van der Waals surface area contributed by atoms with Crippen LogP contribution in [0.4, 0.5) is 0 Å². The predicted octanol–water partition coefficient (Wildman–Crippen LogP) is 6.99. The quantitative estimate of drug-likeness (QED) is 0.280. The van der Waals surface area contributed by atoms with Gasteiger partial charge in [-0.05, 0) is 25.1 Å². The lowest BCUT2D eigenvalue weighted by atomic mass is 10.0. The minimum atomic E-state index is -0.942. The predicted molar refractivity (Wildman–Crippen MR) is 120 cm³/mol. The Hall–Kier alpha value is -1.42. The molecule has 0 aromatic carbocycles. The van der Waals surface area contributed by atoms with E-state index in [1.807, 2.05) is 0 Å². The maximum Gasteiger partial charge on any atom is 0.337 e. The summed E-state index contributed by atoms with van der Waals surface area (Å²) in [4.78, 5) is 13.8. The number of nitrogens with zero attached hydrogens (tertiary/aromatic N) is 1. The summed E-state index contributed by atoms with van der Waals surface area (Å²) in [5, 5.41) is 8.34. The van der Waals surface area contributed by atoms with Crippen molar-refractivity contribution in [3.63, 3.8) is 0 Å². The van der Waals surface area contributed by atoms with Crippen LogP contribution in [0.2, 0.25) is 0 Å². The minimum Gasteiger partial charge on any atom is -0.478 e. The highest BCUT2D eigenvalue weighted by atomic mass is 16.4. The Labute approximate surface area is 173 Å².